The van der Waals surface area contributed by atoms with Crippen LogP contribution in [-0.4, -0.2) is 26.2 Å². The van der Waals surface area contributed by atoms with Gasteiger partial charge in [-0.2, -0.15) is 0 Å². The van der Waals surface area contributed by atoms with Crippen molar-refractivity contribution in [3.63, 3.8) is 0 Å². The molecule has 9 heteroatoms. The van der Waals surface area contributed by atoms with Crippen LogP contribution >= 0.6 is 0 Å². The van der Waals surface area contributed by atoms with Crippen molar-refractivity contribution in [2.75, 3.05) is 19.8 Å². The van der Waals surface area contributed by atoms with E-state index in [9.17, 15) is 22.0 Å². The van der Waals surface area contributed by atoms with Gasteiger partial charge >= 0.3 is 6.36 Å². The minimum atomic E-state index is -4.76. The topological polar surface area (TPSA) is 36.9 Å². The Kier molecular flexibility index (Phi) is 7.62. The van der Waals surface area contributed by atoms with Gasteiger partial charge in [0.15, 0.2) is 23.7 Å². The maximum absolute atomic E-state index is 14.6. The van der Waals surface area contributed by atoms with Gasteiger partial charge < -0.3 is 18.9 Å². The van der Waals surface area contributed by atoms with Crippen molar-refractivity contribution >= 4 is 0 Å². The Labute approximate surface area is 195 Å². The van der Waals surface area contributed by atoms with E-state index in [1.165, 1.54) is 36.4 Å². The third-order valence-corrected chi connectivity index (χ3v) is 6.32. The van der Waals surface area contributed by atoms with Crippen LogP contribution < -0.4 is 9.47 Å². The summed E-state index contributed by atoms with van der Waals surface area (Å²) >= 11 is 0. The zero-order valence-electron chi connectivity index (χ0n) is 18.7. The van der Waals surface area contributed by atoms with Gasteiger partial charge in [0.2, 0.25) is 0 Å². The maximum atomic E-state index is 14.6. The lowest BCUT2D eigenvalue weighted by Gasteiger charge is -2.30. The summed E-state index contributed by atoms with van der Waals surface area (Å²) in [7, 11) is 0. The largest absolute Gasteiger partial charge is 0.573 e. The first-order valence-corrected chi connectivity index (χ1v) is 11.4. The molecule has 0 spiro atoms. The standard InChI is InChI=1S/C25H27F5O4/c1-15-2-4-17(5-3-15)19-10-21(26)23(22(27)11-19)31-12-16-13-32-24(33-14-16)18-6-8-20(9-7-18)34-25(28,29)30/h6-11,15-17,24H,2-5,12-14H2,1H3. The monoisotopic (exact) mass is 486 g/mol. The van der Waals surface area contributed by atoms with Crippen molar-refractivity contribution in [2.45, 2.75) is 51.2 Å². The van der Waals surface area contributed by atoms with Crippen LogP contribution in [0, 0.1) is 23.5 Å². The van der Waals surface area contributed by atoms with Crippen LogP contribution in [0.15, 0.2) is 36.4 Å². The summed E-state index contributed by atoms with van der Waals surface area (Å²) in [6.07, 6.45) is -1.56. The van der Waals surface area contributed by atoms with Gasteiger partial charge in [-0.1, -0.05) is 31.9 Å². The lowest BCUT2D eigenvalue weighted by atomic mass is 9.79. The van der Waals surface area contributed by atoms with Gasteiger partial charge in [0, 0.05) is 11.5 Å². The molecular weight excluding hydrogens is 459 g/mol. The van der Waals surface area contributed by atoms with E-state index in [1.807, 2.05) is 0 Å². The summed E-state index contributed by atoms with van der Waals surface area (Å²) < 4.78 is 86.6. The molecular formula is C25H27F5O4. The Morgan fingerprint density at radius 3 is 2.03 bits per heavy atom. The lowest BCUT2D eigenvalue weighted by molar-refractivity contribution is -0.274. The van der Waals surface area contributed by atoms with Crippen molar-refractivity contribution in [3.8, 4) is 11.5 Å². The second-order valence-electron chi connectivity index (χ2n) is 9.06. The first-order valence-electron chi connectivity index (χ1n) is 11.4. The number of ether oxygens (including phenoxy) is 4. The van der Waals surface area contributed by atoms with Crippen molar-refractivity contribution < 1.29 is 40.9 Å². The first-order chi connectivity index (χ1) is 16.2. The highest BCUT2D eigenvalue weighted by Crippen LogP contribution is 2.38. The molecule has 2 aliphatic rings. The van der Waals surface area contributed by atoms with Crippen LogP contribution in [0.25, 0.3) is 0 Å². The average Bonchev–Trinajstić information content (AvgIpc) is 2.79. The molecule has 34 heavy (non-hydrogen) atoms. The Morgan fingerprint density at radius 2 is 1.47 bits per heavy atom. The third kappa shape index (κ3) is 6.39. The Bertz CT molecular complexity index is 924. The number of rotatable bonds is 6. The lowest BCUT2D eigenvalue weighted by Crippen LogP contribution is -2.31. The number of hydrogen-bond donors (Lipinski definition) is 0. The van der Waals surface area contributed by atoms with Crippen LogP contribution in [0.4, 0.5) is 22.0 Å². The minimum Gasteiger partial charge on any atom is -0.487 e. The molecule has 1 saturated heterocycles. The van der Waals surface area contributed by atoms with Crippen LogP contribution in [0.5, 0.6) is 11.5 Å². The van der Waals surface area contributed by atoms with Gasteiger partial charge in [-0.15, -0.1) is 13.2 Å². The highest BCUT2D eigenvalue weighted by Gasteiger charge is 2.31. The van der Waals surface area contributed by atoms with Crippen LogP contribution in [0.1, 0.15) is 55.9 Å². The molecule has 2 fully saturated rings. The summed E-state index contributed by atoms with van der Waals surface area (Å²) in [6.45, 7) is 2.60. The molecule has 0 unspecified atom stereocenters. The molecule has 1 heterocycles. The quantitative estimate of drug-likeness (QED) is 0.417. The zero-order valence-corrected chi connectivity index (χ0v) is 18.7. The van der Waals surface area contributed by atoms with Gasteiger partial charge in [-0.05, 0) is 54.5 Å². The third-order valence-electron chi connectivity index (χ3n) is 6.32. The number of halogens is 5. The van der Waals surface area contributed by atoms with Gasteiger partial charge in [-0.3, -0.25) is 0 Å². The molecule has 4 nitrogen and oxygen atoms in total. The molecule has 0 aromatic heterocycles. The Morgan fingerprint density at radius 1 is 0.882 bits per heavy atom. The number of benzene rings is 2. The molecule has 4 rings (SSSR count). The molecule has 1 aliphatic heterocycles. The Hall–Kier alpha value is -2.39. The van der Waals surface area contributed by atoms with E-state index in [2.05, 4.69) is 11.7 Å². The maximum Gasteiger partial charge on any atom is 0.573 e. The first kappa shape index (κ1) is 24.7. The Balaban J connectivity index is 1.28. The summed E-state index contributed by atoms with van der Waals surface area (Å²) in [5.41, 5.74) is 1.20. The summed E-state index contributed by atoms with van der Waals surface area (Å²) in [5.74, 6) is -1.63. The molecule has 0 bridgehead atoms. The van der Waals surface area contributed by atoms with Crippen molar-refractivity contribution in [3.05, 3.63) is 59.2 Å². The molecule has 1 aliphatic carbocycles. The van der Waals surface area contributed by atoms with E-state index < -0.39 is 30.0 Å². The second kappa shape index (κ2) is 10.5. The molecule has 186 valence electrons. The van der Waals surface area contributed by atoms with Crippen molar-refractivity contribution in [2.24, 2.45) is 11.8 Å². The minimum absolute atomic E-state index is 0.000783. The number of alkyl halides is 3. The fraction of sp³-hybridized carbons (Fsp3) is 0.520. The van der Waals surface area contributed by atoms with E-state index in [-0.39, 0.29) is 37.4 Å². The van der Waals surface area contributed by atoms with Crippen molar-refractivity contribution in [1.29, 1.82) is 0 Å². The summed E-state index contributed by atoms with van der Waals surface area (Å²) in [6, 6.07) is 7.93. The van der Waals surface area contributed by atoms with Gasteiger partial charge in [0.05, 0.1) is 19.8 Å². The fourth-order valence-electron chi connectivity index (χ4n) is 4.41. The van der Waals surface area contributed by atoms with Crippen LogP contribution in [-0.2, 0) is 9.47 Å². The van der Waals surface area contributed by atoms with E-state index in [1.54, 1.807) is 0 Å². The van der Waals surface area contributed by atoms with E-state index in [4.69, 9.17) is 14.2 Å². The van der Waals surface area contributed by atoms with E-state index in [0.29, 0.717) is 17.0 Å². The SMILES string of the molecule is CC1CCC(c2cc(F)c(OCC3COC(c4ccc(OC(F)(F)F)cc4)OC3)c(F)c2)CC1. The summed E-state index contributed by atoms with van der Waals surface area (Å²) in [4.78, 5) is 0. The number of hydrogen-bond acceptors (Lipinski definition) is 4. The van der Waals surface area contributed by atoms with Crippen molar-refractivity contribution in [1.82, 2.24) is 0 Å². The molecule has 2 aromatic rings. The van der Waals surface area contributed by atoms with Gasteiger partial charge in [-0.25, -0.2) is 8.78 Å². The van der Waals surface area contributed by atoms with Crippen LogP contribution in [0.2, 0.25) is 0 Å². The van der Waals surface area contributed by atoms with E-state index in [0.717, 1.165) is 25.7 Å². The molecule has 2 aromatic carbocycles. The highest BCUT2D eigenvalue weighted by molar-refractivity contribution is 5.33. The molecule has 0 amide bonds. The smallest absolute Gasteiger partial charge is 0.487 e. The fourth-order valence-corrected chi connectivity index (χ4v) is 4.41. The normalized spacial score (nSPS) is 25.7. The summed E-state index contributed by atoms with van der Waals surface area (Å²) in [5, 5.41) is 0. The molecule has 0 radical (unpaired) electrons. The van der Waals surface area contributed by atoms with Crippen LogP contribution in [0.3, 0.4) is 0 Å². The zero-order chi connectivity index (χ0) is 24.3. The average molecular weight is 486 g/mol. The van der Waals surface area contributed by atoms with Gasteiger partial charge in [0.25, 0.3) is 0 Å². The predicted octanol–water partition coefficient (Wildman–Crippen LogP) is 6.90. The highest BCUT2D eigenvalue weighted by atomic mass is 19.4. The second-order valence-corrected chi connectivity index (χ2v) is 9.06. The molecule has 1 saturated carbocycles. The molecule has 0 N–H and O–H groups in total. The predicted molar refractivity (Wildman–Crippen MR) is 113 cm³/mol. The molecule has 0 atom stereocenters. The van der Waals surface area contributed by atoms with Gasteiger partial charge in [0.1, 0.15) is 5.75 Å². The van der Waals surface area contributed by atoms with E-state index >= 15 is 0 Å².